The van der Waals surface area contributed by atoms with E-state index < -0.39 is 27.4 Å². The third-order valence-electron chi connectivity index (χ3n) is 3.53. The summed E-state index contributed by atoms with van der Waals surface area (Å²) in [6, 6.07) is 1.37. The van der Waals surface area contributed by atoms with Crippen molar-refractivity contribution in [2.75, 3.05) is 19.4 Å². The zero-order chi connectivity index (χ0) is 19.0. The van der Waals surface area contributed by atoms with Crippen LogP contribution in [0, 0.1) is 0 Å². The first-order valence-electron chi connectivity index (χ1n) is 7.08. The molecule has 0 fully saturated rings. The summed E-state index contributed by atoms with van der Waals surface area (Å²) in [4.78, 5) is 23.6. The normalized spacial score (nSPS) is 12.4. The van der Waals surface area contributed by atoms with Gasteiger partial charge in [0.05, 0.1) is 11.9 Å². The van der Waals surface area contributed by atoms with Gasteiger partial charge in [0.15, 0.2) is 5.54 Å². The molecular weight excluding hydrogens is 368 g/mol. The molecule has 0 unspecified atom stereocenters. The smallest absolute Gasteiger partial charge is 0.331 e. The molecule has 1 amide bonds. The lowest BCUT2D eigenvalue weighted by Gasteiger charge is -2.19. The van der Waals surface area contributed by atoms with Crippen LogP contribution >= 0.6 is 11.3 Å². The third-order valence-corrected chi connectivity index (χ3v) is 6.43. The lowest BCUT2D eigenvalue weighted by Crippen LogP contribution is -2.35. The predicted molar refractivity (Wildman–Crippen MR) is 92.3 cm³/mol. The van der Waals surface area contributed by atoms with Gasteiger partial charge in [-0.05, 0) is 25.3 Å². The first-order chi connectivity index (χ1) is 11.5. The molecule has 2 N–H and O–H groups in total. The Labute approximate surface area is 148 Å². The van der Waals surface area contributed by atoms with Gasteiger partial charge in [0, 0.05) is 20.3 Å². The van der Waals surface area contributed by atoms with Crippen LogP contribution in [0.25, 0.3) is 0 Å². The molecule has 0 aliphatic rings. The van der Waals surface area contributed by atoms with Crippen LogP contribution < -0.4 is 5.32 Å². The first kappa shape index (κ1) is 19.1. The minimum Gasteiger partial charge on any atom is -0.479 e. The van der Waals surface area contributed by atoms with Crippen LogP contribution in [0.15, 0.2) is 28.7 Å². The van der Waals surface area contributed by atoms with Crippen molar-refractivity contribution in [3.63, 3.8) is 0 Å². The van der Waals surface area contributed by atoms with E-state index in [9.17, 15) is 23.1 Å². The monoisotopic (exact) mass is 386 g/mol. The molecule has 0 aromatic carbocycles. The molecule has 25 heavy (non-hydrogen) atoms. The standard InChI is InChI=1S/C14H18N4O5S2/c1-14(2,13(20)21)18-8-9(7-15-18)16-12(19)11-10(5-6-24-11)25(22,23)17(3)4/h5-8H,1-4H3,(H,16,19)(H,20,21). The molecule has 11 heteroatoms. The number of rotatable bonds is 6. The molecule has 2 aromatic rings. The number of nitrogens with zero attached hydrogens (tertiary/aromatic N) is 3. The molecule has 2 rings (SSSR count). The maximum atomic E-state index is 12.4. The van der Waals surface area contributed by atoms with Gasteiger partial charge < -0.3 is 10.4 Å². The highest BCUT2D eigenvalue weighted by Crippen LogP contribution is 2.25. The number of hydrogen-bond acceptors (Lipinski definition) is 6. The van der Waals surface area contributed by atoms with E-state index in [4.69, 9.17) is 0 Å². The zero-order valence-electron chi connectivity index (χ0n) is 14.0. The van der Waals surface area contributed by atoms with Crippen molar-refractivity contribution in [2.45, 2.75) is 24.3 Å². The zero-order valence-corrected chi connectivity index (χ0v) is 15.7. The van der Waals surface area contributed by atoms with Crippen LogP contribution in [0.2, 0.25) is 0 Å². The number of carboxylic acid groups (broad SMARTS) is 1. The molecule has 0 aliphatic carbocycles. The summed E-state index contributed by atoms with van der Waals surface area (Å²) in [6.45, 7) is 2.93. The summed E-state index contributed by atoms with van der Waals surface area (Å²) in [5, 5.41) is 17.2. The van der Waals surface area contributed by atoms with Crippen LogP contribution in [0.1, 0.15) is 23.5 Å². The highest BCUT2D eigenvalue weighted by molar-refractivity contribution is 7.89. The maximum Gasteiger partial charge on any atom is 0.331 e. The van der Waals surface area contributed by atoms with E-state index in [1.807, 2.05) is 0 Å². The molecule has 0 radical (unpaired) electrons. The fourth-order valence-electron chi connectivity index (χ4n) is 1.84. The van der Waals surface area contributed by atoms with Crippen LogP contribution in [-0.4, -0.2) is 53.6 Å². The van der Waals surface area contributed by atoms with Crippen molar-refractivity contribution < 1.29 is 23.1 Å². The fraction of sp³-hybridized carbons (Fsp3) is 0.357. The van der Waals surface area contributed by atoms with Crippen molar-refractivity contribution in [1.82, 2.24) is 14.1 Å². The van der Waals surface area contributed by atoms with E-state index in [0.29, 0.717) is 0 Å². The summed E-state index contributed by atoms with van der Waals surface area (Å²) >= 11 is 0.999. The van der Waals surface area contributed by atoms with Crippen LogP contribution in [0.4, 0.5) is 5.69 Å². The summed E-state index contributed by atoms with van der Waals surface area (Å²) in [7, 11) is -0.983. The number of hydrogen-bond donors (Lipinski definition) is 2. The van der Waals surface area contributed by atoms with Crippen molar-refractivity contribution >= 4 is 38.9 Å². The summed E-state index contributed by atoms with van der Waals surface area (Å²) in [5.41, 5.74) is -1.02. The number of carbonyl (C=O) groups excluding carboxylic acids is 1. The van der Waals surface area contributed by atoms with Crippen LogP contribution in [0.5, 0.6) is 0 Å². The van der Waals surface area contributed by atoms with Gasteiger partial charge in [0.2, 0.25) is 10.0 Å². The van der Waals surface area contributed by atoms with Gasteiger partial charge in [0.1, 0.15) is 9.77 Å². The molecule has 0 saturated carbocycles. The number of nitrogens with one attached hydrogen (secondary N) is 1. The van der Waals surface area contributed by atoms with Crippen molar-refractivity contribution in [1.29, 1.82) is 0 Å². The van der Waals surface area contributed by atoms with Crippen molar-refractivity contribution in [3.8, 4) is 0 Å². The van der Waals surface area contributed by atoms with E-state index in [2.05, 4.69) is 10.4 Å². The molecule has 2 aromatic heterocycles. The van der Waals surface area contributed by atoms with E-state index in [0.717, 1.165) is 15.6 Å². The molecule has 0 bridgehead atoms. The van der Waals surface area contributed by atoms with Gasteiger partial charge >= 0.3 is 5.97 Å². The minimum atomic E-state index is -3.75. The molecule has 0 spiro atoms. The second-order valence-corrected chi connectivity index (χ2v) is 8.93. The van der Waals surface area contributed by atoms with Crippen molar-refractivity contribution in [2.24, 2.45) is 0 Å². The quantitative estimate of drug-likeness (QED) is 0.771. The summed E-state index contributed by atoms with van der Waals surface area (Å²) < 4.78 is 26.7. The number of carboxylic acids is 1. The van der Waals surface area contributed by atoms with E-state index >= 15 is 0 Å². The number of amides is 1. The van der Waals surface area contributed by atoms with Gasteiger partial charge in [-0.25, -0.2) is 17.5 Å². The Morgan fingerprint density at radius 2 is 2.00 bits per heavy atom. The van der Waals surface area contributed by atoms with Gasteiger partial charge in [-0.3, -0.25) is 9.48 Å². The highest BCUT2D eigenvalue weighted by Gasteiger charge is 2.31. The Balaban J connectivity index is 2.27. The lowest BCUT2D eigenvalue weighted by molar-refractivity contribution is -0.146. The molecule has 9 nitrogen and oxygen atoms in total. The highest BCUT2D eigenvalue weighted by atomic mass is 32.2. The Bertz CT molecular complexity index is 911. The second kappa shape index (κ2) is 6.58. The Hall–Kier alpha value is -2.24. The van der Waals surface area contributed by atoms with E-state index in [-0.39, 0.29) is 15.5 Å². The number of anilines is 1. The number of aliphatic carboxylic acids is 1. The van der Waals surface area contributed by atoms with Crippen LogP contribution in [0.3, 0.4) is 0 Å². The molecule has 0 atom stereocenters. The average Bonchev–Trinajstić information content (AvgIpc) is 3.16. The Morgan fingerprint density at radius 1 is 1.36 bits per heavy atom. The largest absolute Gasteiger partial charge is 0.479 e. The SMILES string of the molecule is CN(C)S(=O)(=O)c1ccsc1C(=O)Nc1cnn(C(C)(C)C(=O)O)c1. The average molecular weight is 386 g/mol. The first-order valence-corrected chi connectivity index (χ1v) is 9.40. The lowest BCUT2D eigenvalue weighted by atomic mass is 10.1. The topological polar surface area (TPSA) is 122 Å². The Morgan fingerprint density at radius 3 is 2.56 bits per heavy atom. The van der Waals surface area contributed by atoms with E-state index in [1.165, 1.54) is 56.5 Å². The minimum absolute atomic E-state index is 0.0407. The van der Waals surface area contributed by atoms with Crippen molar-refractivity contribution in [3.05, 3.63) is 28.7 Å². The number of carbonyl (C=O) groups is 2. The third kappa shape index (κ3) is 3.57. The second-order valence-electron chi connectivity index (χ2n) is 5.89. The summed E-state index contributed by atoms with van der Waals surface area (Å²) in [5.74, 6) is -1.69. The molecular formula is C14H18N4O5S2. The maximum absolute atomic E-state index is 12.4. The molecule has 0 aliphatic heterocycles. The predicted octanol–water partition coefficient (Wildman–Crippen LogP) is 1.27. The van der Waals surface area contributed by atoms with Crippen LogP contribution in [-0.2, 0) is 20.4 Å². The number of sulfonamides is 1. The molecule has 136 valence electrons. The molecule has 0 saturated heterocycles. The van der Waals surface area contributed by atoms with Gasteiger partial charge in [-0.1, -0.05) is 0 Å². The number of thiophene rings is 1. The molecule has 2 heterocycles. The summed E-state index contributed by atoms with van der Waals surface area (Å²) in [6.07, 6.45) is 2.68. The Kier molecular flexibility index (Phi) is 5.02. The van der Waals surface area contributed by atoms with Gasteiger partial charge in [-0.15, -0.1) is 11.3 Å². The van der Waals surface area contributed by atoms with Gasteiger partial charge in [0.25, 0.3) is 5.91 Å². The fourth-order valence-corrected chi connectivity index (χ4v) is 4.03. The van der Waals surface area contributed by atoms with E-state index in [1.54, 1.807) is 0 Å². The number of aromatic nitrogens is 2. The van der Waals surface area contributed by atoms with Gasteiger partial charge in [-0.2, -0.15) is 5.10 Å².